The lowest BCUT2D eigenvalue weighted by Gasteiger charge is -2.28. The van der Waals surface area contributed by atoms with E-state index >= 15 is 0 Å². The van der Waals surface area contributed by atoms with Gasteiger partial charge in [0.2, 0.25) is 10.0 Å². The van der Waals surface area contributed by atoms with Crippen LogP contribution in [0.3, 0.4) is 0 Å². The molecule has 7 heteroatoms. The second-order valence-electron chi connectivity index (χ2n) is 6.42. The van der Waals surface area contributed by atoms with E-state index in [0.29, 0.717) is 18.9 Å². The van der Waals surface area contributed by atoms with Crippen molar-refractivity contribution in [1.29, 1.82) is 0 Å². The highest BCUT2D eigenvalue weighted by Crippen LogP contribution is 2.21. The van der Waals surface area contributed by atoms with Gasteiger partial charge in [0.05, 0.1) is 11.9 Å². The molecule has 1 fully saturated rings. The quantitative estimate of drug-likeness (QED) is 0.789. The Morgan fingerprint density at radius 3 is 3.09 bits per heavy atom. The molecule has 1 saturated heterocycles. The molecule has 2 aliphatic heterocycles. The summed E-state index contributed by atoms with van der Waals surface area (Å²) in [6, 6.07) is 0. The van der Waals surface area contributed by atoms with Crippen molar-refractivity contribution in [2.24, 2.45) is 5.92 Å². The van der Waals surface area contributed by atoms with Crippen molar-refractivity contribution in [2.75, 3.05) is 26.0 Å². The molecule has 0 saturated carbocycles. The molecule has 2 atom stereocenters. The predicted octanol–water partition coefficient (Wildman–Crippen LogP) is 1.28. The molecule has 1 aromatic heterocycles. The van der Waals surface area contributed by atoms with Gasteiger partial charge < -0.3 is 9.30 Å². The second-order valence-corrected chi connectivity index (χ2v) is 8.62. The number of ether oxygens (including phenoxy) is 1. The molecular formula is C15H25N3O3S. The van der Waals surface area contributed by atoms with Crippen LogP contribution in [0.25, 0.3) is 0 Å². The summed E-state index contributed by atoms with van der Waals surface area (Å²) in [5, 5.41) is 0. The fourth-order valence-electron chi connectivity index (χ4n) is 3.37. The van der Waals surface area contributed by atoms with Gasteiger partial charge in [-0.2, -0.15) is 0 Å². The number of nitrogens with zero attached hydrogens (tertiary/aromatic N) is 3. The zero-order valence-electron chi connectivity index (χ0n) is 13.1. The Balaban J connectivity index is 1.51. The van der Waals surface area contributed by atoms with Crippen molar-refractivity contribution in [3.63, 3.8) is 0 Å². The molecule has 2 aliphatic rings. The lowest BCUT2D eigenvalue weighted by atomic mass is 10.00. The Morgan fingerprint density at radius 1 is 1.45 bits per heavy atom. The van der Waals surface area contributed by atoms with Crippen LogP contribution in [-0.4, -0.2) is 54.3 Å². The van der Waals surface area contributed by atoms with Crippen molar-refractivity contribution in [2.45, 2.75) is 44.8 Å². The highest BCUT2D eigenvalue weighted by Gasteiger charge is 2.26. The summed E-state index contributed by atoms with van der Waals surface area (Å²) in [4.78, 5) is 4.31. The van der Waals surface area contributed by atoms with Crippen LogP contribution in [0.2, 0.25) is 0 Å². The normalized spacial score (nSPS) is 25.5. The van der Waals surface area contributed by atoms with E-state index in [4.69, 9.17) is 4.74 Å². The van der Waals surface area contributed by atoms with Crippen LogP contribution >= 0.6 is 0 Å². The number of aromatic nitrogens is 2. The number of sulfonamides is 1. The van der Waals surface area contributed by atoms with E-state index in [1.807, 2.05) is 12.4 Å². The van der Waals surface area contributed by atoms with Gasteiger partial charge in [0, 0.05) is 45.6 Å². The first-order valence-corrected chi connectivity index (χ1v) is 9.71. The van der Waals surface area contributed by atoms with Crippen LogP contribution < -0.4 is 0 Å². The van der Waals surface area contributed by atoms with Crippen LogP contribution in [0.5, 0.6) is 0 Å². The number of hydrogen-bond donors (Lipinski definition) is 0. The molecule has 1 aromatic rings. The van der Waals surface area contributed by atoms with Gasteiger partial charge in [-0.15, -0.1) is 0 Å². The summed E-state index contributed by atoms with van der Waals surface area (Å²) in [6.07, 6.45) is 8.52. The third kappa shape index (κ3) is 3.70. The highest BCUT2D eigenvalue weighted by atomic mass is 32.2. The molecule has 124 valence electrons. The van der Waals surface area contributed by atoms with Crippen LogP contribution in [0.1, 0.15) is 31.5 Å². The average Bonchev–Trinajstić information content (AvgIpc) is 3.16. The zero-order chi connectivity index (χ0) is 15.6. The van der Waals surface area contributed by atoms with Gasteiger partial charge in [-0.25, -0.2) is 17.7 Å². The monoisotopic (exact) mass is 327 g/mol. The summed E-state index contributed by atoms with van der Waals surface area (Å²) in [5.41, 5.74) is 0. The van der Waals surface area contributed by atoms with Gasteiger partial charge in [0.1, 0.15) is 5.82 Å². The van der Waals surface area contributed by atoms with Crippen molar-refractivity contribution < 1.29 is 13.2 Å². The lowest BCUT2D eigenvalue weighted by molar-refractivity contribution is 0.108. The van der Waals surface area contributed by atoms with Crippen LogP contribution in [0.4, 0.5) is 0 Å². The average molecular weight is 327 g/mol. The summed E-state index contributed by atoms with van der Waals surface area (Å²) >= 11 is 0. The molecule has 6 nitrogen and oxygen atoms in total. The van der Waals surface area contributed by atoms with E-state index in [1.54, 1.807) is 7.05 Å². The van der Waals surface area contributed by atoms with Crippen molar-refractivity contribution in [3.8, 4) is 0 Å². The molecule has 0 bridgehead atoms. The van der Waals surface area contributed by atoms with Crippen LogP contribution in [-0.2, 0) is 27.7 Å². The van der Waals surface area contributed by atoms with Crippen LogP contribution in [0.15, 0.2) is 12.4 Å². The Morgan fingerprint density at radius 2 is 2.32 bits per heavy atom. The van der Waals surface area contributed by atoms with E-state index < -0.39 is 10.0 Å². The van der Waals surface area contributed by atoms with Gasteiger partial charge in [0.25, 0.3) is 0 Å². The maximum absolute atomic E-state index is 12.4. The Kier molecular flexibility index (Phi) is 4.84. The number of imidazole rings is 1. The lowest BCUT2D eigenvalue weighted by Crippen LogP contribution is -2.37. The Labute approximate surface area is 132 Å². The molecule has 22 heavy (non-hydrogen) atoms. The summed E-state index contributed by atoms with van der Waals surface area (Å²) in [5.74, 6) is 1.67. The third-order valence-corrected chi connectivity index (χ3v) is 6.60. The molecule has 0 aliphatic carbocycles. The predicted molar refractivity (Wildman–Crippen MR) is 84.0 cm³/mol. The van der Waals surface area contributed by atoms with Crippen molar-refractivity contribution in [3.05, 3.63) is 18.2 Å². The minimum Gasteiger partial charge on any atom is -0.378 e. The number of fused-ring (bicyclic) bond motifs is 1. The van der Waals surface area contributed by atoms with E-state index in [-0.39, 0.29) is 11.9 Å². The molecule has 0 spiro atoms. The Hall–Kier alpha value is -0.920. The summed E-state index contributed by atoms with van der Waals surface area (Å²) < 4.78 is 34.0. The molecule has 0 amide bonds. The van der Waals surface area contributed by atoms with Crippen LogP contribution in [0, 0.1) is 5.92 Å². The van der Waals surface area contributed by atoms with Gasteiger partial charge >= 0.3 is 0 Å². The summed E-state index contributed by atoms with van der Waals surface area (Å²) in [7, 11) is -1.48. The van der Waals surface area contributed by atoms with Gasteiger partial charge in [0.15, 0.2) is 0 Å². The number of rotatable bonds is 6. The second kappa shape index (κ2) is 6.68. The van der Waals surface area contributed by atoms with Crippen molar-refractivity contribution in [1.82, 2.24) is 13.9 Å². The molecule has 0 unspecified atom stereocenters. The first kappa shape index (κ1) is 16.0. The van der Waals surface area contributed by atoms with E-state index in [1.165, 1.54) is 4.31 Å². The van der Waals surface area contributed by atoms with Gasteiger partial charge in [-0.3, -0.25) is 0 Å². The molecular weight excluding hydrogens is 302 g/mol. The largest absolute Gasteiger partial charge is 0.378 e. The van der Waals surface area contributed by atoms with E-state index in [2.05, 4.69) is 9.55 Å². The molecule has 3 rings (SSSR count). The third-order valence-electron chi connectivity index (χ3n) is 4.74. The standard InChI is InChI=1S/C15H25N3O3S/c1-17(22(19,20)10-6-14-3-2-9-21-14)11-13-4-5-15-16-7-8-18(15)12-13/h7-8,13-14H,2-6,9-12H2,1H3/t13-,14-/m0/s1. The van der Waals surface area contributed by atoms with Gasteiger partial charge in [-0.05, 0) is 31.6 Å². The zero-order valence-corrected chi connectivity index (χ0v) is 14.0. The molecule has 3 heterocycles. The summed E-state index contributed by atoms with van der Waals surface area (Å²) in [6.45, 7) is 2.22. The first-order valence-electron chi connectivity index (χ1n) is 8.10. The number of hydrogen-bond acceptors (Lipinski definition) is 4. The fourth-order valence-corrected chi connectivity index (χ4v) is 4.68. The minimum atomic E-state index is -3.18. The minimum absolute atomic E-state index is 0.131. The van der Waals surface area contributed by atoms with Gasteiger partial charge in [-0.1, -0.05) is 0 Å². The first-order chi connectivity index (χ1) is 10.5. The molecule has 0 aromatic carbocycles. The van der Waals surface area contributed by atoms with Crippen molar-refractivity contribution >= 4 is 10.0 Å². The topological polar surface area (TPSA) is 64.4 Å². The Bertz CT molecular complexity index is 593. The highest BCUT2D eigenvalue weighted by molar-refractivity contribution is 7.89. The fraction of sp³-hybridized carbons (Fsp3) is 0.800. The smallest absolute Gasteiger partial charge is 0.213 e. The van der Waals surface area contributed by atoms with E-state index in [9.17, 15) is 8.42 Å². The number of aryl methyl sites for hydroxylation is 1. The molecule has 0 N–H and O–H groups in total. The SMILES string of the molecule is CN(C[C@@H]1CCc2nccn2C1)S(=O)(=O)CC[C@@H]1CCCO1. The maximum atomic E-state index is 12.4. The van der Waals surface area contributed by atoms with E-state index in [0.717, 1.165) is 44.7 Å². The molecule has 0 radical (unpaired) electrons. The maximum Gasteiger partial charge on any atom is 0.213 e.